The maximum Gasteiger partial charge on any atom is 0.0500 e. The van der Waals surface area contributed by atoms with Crippen molar-refractivity contribution < 1.29 is 5.11 Å². The fraction of sp³-hybridized carbons (Fsp3) is 0.600. The fourth-order valence-corrected chi connectivity index (χ4v) is 3.51. The normalized spacial score (nSPS) is 18.1. The zero-order chi connectivity index (χ0) is 14.8. The van der Waals surface area contributed by atoms with Crippen LogP contribution in [0, 0.1) is 5.41 Å². The van der Waals surface area contributed by atoms with Gasteiger partial charge in [-0.05, 0) is 23.8 Å². The monoisotopic (exact) mass is 396 g/mol. The highest BCUT2D eigenvalue weighted by Gasteiger charge is 2.36. The smallest absolute Gasteiger partial charge is 0.0500 e. The van der Waals surface area contributed by atoms with Gasteiger partial charge in [-0.1, -0.05) is 41.4 Å². The fourth-order valence-electron chi connectivity index (χ4n) is 2.86. The first-order chi connectivity index (χ1) is 9.45. The van der Waals surface area contributed by atoms with Gasteiger partial charge in [-0.15, -0.1) is 12.4 Å². The van der Waals surface area contributed by atoms with Gasteiger partial charge < -0.3 is 10.4 Å². The predicted octanol–water partition coefficient (Wildman–Crippen LogP) is 3.49. The van der Waals surface area contributed by atoms with Crippen LogP contribution in [0.25, 0.3) is 0 Å². The van der Waals surface area contributed by atoms with Crippen molar-refractivity contribution in [1.82, 2.24) is 10.2 Å². The molecule has 1 fully saturated rings. The van der Waals surface area contributed by atoms with Gasteiger partial charge in [0, 0.05) is 53.7 Å². The lowest BCUT2D eigenvalue weighted by Gasteiger charge is -2.44. The Bertz CT molecular complexity index is 465. The molecule has 120 valence electrons. The first kappa shape index (κ1) is 19.2. The summed E-state index contributed by atoms with van der Waals surface area (Å²) in [6.07, 6.45) is 0. The molecule has 1 aromatic carbocycles. The van der Waals surface area contributed by atoms with Crippen LogP contribution in [-0.2, 0) is 0 Å². The molecule has 1 aromatic rings. The maximum absolute atomic E-state index is 9.83. The van der Waals surface area contributed by atoms with E-state index in [4.69, 9.17) is 11.6 Å². The molecule has 0 amide bonds. The zero-order valence-corrected chi connectivity index (χ0v) is 15.6. The van der Waals surface area contributed by atoms with E-state index in [1.807, 2.05) is 18.2 Å². The molecule has 1 saturated heterocycles. The summed E-state index contributed by atoms with van der Waals surface area (Å²) >= 11 is 9.82. The van der Waals surface area contributed by atoms with Gasteiger partial charge in [0.2, 0.25) is 0 Å². The number of hydrogen-bond acceptors (Lipinski definition) is 3. The van der Waals surface area contributed by atoms with Crippen LogP contribution in [0.5, 0.6) is 0 Å². The van der Waals surface area contributed by atoms with Crippen molar-refractivity contribution in [3.63, 3.8) is 0 Å². The molecule has 1 aliphatic rings. The highest BCUT2D eigenvalue weighted by Crippen LogP contribution is 2.42. The Morgan fingerprint density at radius 3 is 2.57 bits per heavy atom. The third kappa shape index (κ3) is 4.57. The van der Waals surface area contributed by atoms with Crippen molar-refractivity contribution in [2.24, 2.45) is 5.41 Å². The van der Waals surface area contributed by atoms with Gasteiger partial charge in [-0.25, -0.2) is 0 Å². The minimum absolute atomic E-state index is 0. The molecule has 0 saturated carbocycles. The Kier molecular flexibility index (Phi) is 7.44. The molecule has 21 heavy (non-hydrogen) atoms. The molecule has 1 heterocycles. The molecule has 1 aliphatic heterocycles. The first-order valence-corrected chi connectivity index (χ1v) is 8.13. The van der Waals surface area contributed by atoms with Gasteiger partial charge in [0.05, 0.1) is 0 Å². The van der Waals surface area contributed by atoms with Crippen molar-refractivity contribution in [2.45, 2.75) is 19.9 Å². The van der Waals surface area contributed by atoms with Crippen LogP contribution in [0.1, 0.15) is 25.5 Å². The second-order valence-electron chi connectivity index (χ2n) is 6.00. The summed E-state index contributed by atoms with van der Waals surface area (Å²) in [6, 6.07) is 6.02. The zero-order valence-electron chi connectivity index (χ0n) is 12.4. The number of halogens is 3. The van der Waals surface area contributed by atoms with Gasteiger partial charge in [0.1, 0.15) is 0 Å². The third-order valence-electron chi connectivity index (χ3n) is 3.92. The van der Waals surface area contributed by atoms with Gasteiger partial charge in [0.15, 0.2) is 0 Å². The van der Waals surface area contributed by atoms with Gasteiger partial charge in [-0.2, -0.15) is 0 Å². The van der Waals surface area contributed by atoms with E-state index in [9.17, 15) is 5.11 Å². The van der Waals surface area contributed by atoms with Crippen LogP contribution in [0.15, 0.2) is 22.7 Å². The summed E-state index contributed by atoms with van der Waals surface area (Å²) in [4.78, 5) is 2.43. The van der Waals surface area contributed by atoms with Crippen molar-refractivity contribution in [1.29, 1.82) is 0 Å². The van der Waals surface area contributed by atoms with E-state index in [1.54, 1.807) is 0 Å². The van der Waals surface area contributed by atoms with Gasteiger partial charge in [-0.3, -0.25) is 4.90 Å². The first-order valence-electron chi connectivity index (χ1n) is 6.96. The minimum atomic E-state index is -0.232. The van der Waals surface area contributed by atoms with Crippen LogP contribution in [-0.4, -0.2) is 42.8 Å². The Morgan fingerprint density at radius 2 is 2.00 bits per heavy atom. The highest BCUT2D eigenvalue weighted by atomic mass is 79.9. The van der Waals surface area contributed by atoms with Crippen molar-refractivity contribution >= 4 is 39.9 Å². The Balaban J connectivity index is 0.00000220. The number of hydrogen-bond donors (Lipinski definition) is 2. The third-order valence-corrected chi connectivity index (χ3v) is 4.87. The SMILES string of the molecule is CC(C)(CO)[C@H](c1cc(Cl)ccc1Br)N1CCNCC1.Cl. The van der Waals surface area contributed by atoms with Crippen LogP contribution in [0.4, 0.5) is 0 Å². The summed E-state index contributed by atoms with van der Waals surface area (Å²) in [5.41, 5.74) is 0.920. The molecule has 2 N–H and O–H groups in total. The molecule has 0 spiro atoms. The lowest BCUT2D eigenvalue weighted by Crippen LogP contribution is -2.49. The second-order valence-corrected chi connectivity index (χ2v) is 7.29. The predicted molar refractivity (Wildman–Crippen MR) is 94.5 cm³/mol. The molecule has 0 radical (unpaired) electrons. The van der Waals surface area contributed by atoms with E-state index in [0.29, 0.717) is 0 Å². The molecule has 0 bridgehead atoms. The molecule has 0 aromatic heterocycles. The summed E-state index contributed by atoms with van der Waals surface area (Å²) in [5.74, 6) is 0. The Morgan fingerprint density at radius 1 is 1.38 bits per heavy atom. The van der Waals surface area contributed by atoms with Gasteiger partial charge >= 0.3 is 0 Å². The molecule has 0 unspecified atom stereocenters. The van der Waals surface area contributed by atoms with E-state index in [0.717, 1.165) is 41.2 Å². The standard InChI is InChI=1S/C15H22BrClN2O.ClH/c1-15(2,10-20)14(19-7-5-18-6-8-19)12-9-11(17)3-4-13(12)16;/h3-4,9,14,18,20H,5-8,10H2,1-2H3;1H/t14-;/m0./s1. The average Bonchev–Trinajstić information content (AvgIpc) is 2.44. The lowest BCUT2D eigenvalue weighted by molar-refractivity contribution is 0.0301. The van der Waals surface area contributed by atoms with Crippen molar-refractivity contribution in [3.05, 3.63) is 33.3 Å². The Hall–Kier alpha value is 0.160. The number of rotatable bonds is 4. The molecule has 2 rings (SSSR count). The quantitative estimate of drug-likeness (QED) is 0.816. The number of nitrogens with one attached hydrogen (secondary N) is 1. The summed E-state index contributed by atoms with van der Waals surface area (Å²) < 4.78 is 1.05. The number of aliphatic hydroxyl groups is 1. The van der Waals surface area contributed by atoms with E-state index in [1.165, 1.54) is 0 Å². The van der Waals surface area contributed by atoms with Crippen LogP contribution in [0.2, 0.25) is 5.02 Å². The number of nitrogens with zero attached hydrogens (tertiary/aromatic N) is 1. The lowest BCUT2D eigenvalue weighted by atomic mass is 9.79. The number of piperazine rings is 1. The van der Waals surface area contributed by atoms with Gasteiger partial charge in [0.25, 0.3) is 0 Å². The van der Waals surface area contributed by atoms with Crippen molar-refractivity contribution in [3.8, 4) is 0 Å². The largest absolute Gasteiger partial charge is 0.396 e. The molecule has 3 nitrogen and oxygen atoms in total. The van der Waals surface area contributed by atoms with Crippen molar-refractivity contribution in [2.75, 3.05) is 32.8 Å². The van der Waals surface area contributed by atoms with E-state index in [-0.39, 0.29) is 30.5 Å². The van der Waals surface area contributed by atoms with E-state index < -0.39 is 0 Å². The topological polar surface area (TPSA) is 35.5 Å². The molecule has 1 atom stereocenters. The summed E-state index contributed by atoms with van der Waals surface area (Å²) in [7, 11) is 0. The Labute approximate surface area is 146 Å². The molecule has 0 aliphatic carbocycles. The molecule has 6 heteroatoms. The second kappa shape index (κ2) is 8.14. The minimum Gasteiger partial charge on any atom is -0.396 e. The van der Waals surface area contributed by atoms with E-state index in [2.05, 4.69) is 40.0 Å². The number of benzene rings is 1. The highest BCUT2D eigenvalue weighted by molar-refractivity contribution is 9.10. The average molecular weight is 398 g/mol. The van der Waals surface area contributed by atoms with Crippen LogP contribution in [0.3, 0.4) is 0 Å². The van der Waals surface area contributed by atoms with Crippen LogP contribution < -0.4 is 5.32 Å². The molecular weight excluding hydrogens is 375 g/mol. The summed E-state index contributed by atoms with van der Waals surface area (Å²) in [5, 5.41) is 13.9. The van der Waals surface area contributed by atoms with E-state index >= 15 is 0 Å². The summed E-state index contributed by atoms with van der Waals surface area (Å²) in [6.45, 7) is 8.27. The van der Waals surface area contributed by atoms with Crippen LogP contribution >= 0.6 is 39.9 Å². The molecular formula is C15H23BrCl2N2O. The number of aliphatic hydroxyl groups excluding tert-OH is 1. The maximum atomic E-state index is 9.83.